The summed E-state index contributed by atoms with van der Waals surface area (Å²) >= 11 is 4.14. The Kier molecular flexibility index (Phi) is 6.87. The molecule has 3 aromatic carbocycles. The molecule has 3 aromatic rings. The van der Waals surface area contributed by atoms with Crippen LogP contribution in [-0.2, 0) is 11.4 Å². The van der Waals surface area contributed by atoms with Crippen molar-refractivity contribution in [1.82, 2.24) is 4.90 Å². The summed E-state index contributed by atoms with van der Waals surface area (Å²) in [4.78, 5) is 39.1. The van der Waals surface area contributed by atoms with Gasteiger partial charge in [0.15, 0.2) is 5.78 Å². The molecule has 0 saturated carbocycles. The fourth-order valence-electron chi connectivity index (χ4n) is 3.11. The topological polar surface area (TPSA) is 63.7 Å². The maximum absolute atomic E-state index is 12.8. The number of rotatable bonds is 7. The van der Waals surface area contributed by atoms with Gasteiger partial charge in [-0.05, 0) is 41.6 Å². The van der Waals surface area contributed by atoms with Gasteiger partial charge in [-0.15, -0.1) is 0 Å². The third-order valence-corrected chi connectivity index (χ3v) is 6.22. The monoisotopic (exact) mass is 507 g/mol. The summed E-state index contributed by atoms with van der Waals surface area (Å²) in [7, 11) is 0. The lowest BCUT2D eigenvalue weighted by molar-refractivity contribution is -0.122. The van der Waals surface area contributed by atoms with Crippen molar-refractivity contribution < 1.29 is 19.1 Å². The predicted molar refractivity (Wildman–Crippen MR) is 128 cm³/mol. The van der Waals surface area contributed by atoms with Gasteiger partial charge in [0, 0.05) is 15.6 Å². The summed E-state index contributed by atoms with van der Waals surface area (Å²) < 4.78 is 6.78. The Morgan fingerprint density at radius 3 is 2.38 bits per heavy atom. The van der Waals surface area contributed by atoms with Crippen LogP contribution in [0.25, 0.3) is 6.08 Å². The van der Waals surface area contributed by atoms with E-state index < -0.39 is 11.1 Å². The predicted octanol–water partition coefficient (Wildman–Crippen LogP) is 5.95. The molecule has 0 N–H and O–H groups in total. The molecular formula is C25H18BrNO4S. The van der Waals surface area contributed by atoms with Crippen LogP contribution in [0.2, 0.25) is 0 Å². The molecule has 0 aromatic heterocycles. The average Bonchev–Trinajstić information content (AvgIpc) is 3.07. The van der Waals surface area contributed by atoms with E-state index in [1.165, 1.54) is 0 Å². The summed E-state index contributed by atoms with van der Waals surface area (Å²) in [5.41, 5.74) is 2.15. The second kappa shape index (κ2) is 9.97. The Bertz CT molecular complexity index is 1190. The number of ketones is 1. The molecule has 0 atom stereocenters. The van der Waals surface area contributed by atoms with Gasteiger partial charge in [0.2, 0.25) is 0 Å². The number of Topliss-reactive ketones (excluding diaryl/α,β-unsaturated/α-hetero) is 1. The Labute approximate surface area is 198 Å². The number of halogens is 1. The number of carbonyl (C=O) groups is 3. The van der Waals surface area contributed by atoms with Crippen LogP contribution in [0.3, 0.4) is 0 Å². The molecular weight excluding hydrogens is 490 g/mol. The highest BCUT2D eigenvalue weighted by Gasteiger charge is 2.36. The number of ether oxygens (including phenoxy) is 1. The second-order valence-corrected chi connectivity index (χ2v) is 8.92. The van der Waals surface area contributed by atoms with Gasteiger partial charge in [-0.2, -0.15) is 0 Å². The SMILES string of the molecule is O=C(CN1C(=O)S/C(=C/c2ccccc2OCc2ccccc2)C1=O)c1ccc(Br)cc1. The van der Waals surface area contributed by atoms with Crippen molar-refractivity contribution in [2.75, 3.05) is 6.54 Å². The highest BCUT2D eigenvalue weighted by molar-refractivity contribution is 9.10. The van der Waals surface area contributed by atoms with Gasteiger partial charge in [0.05, 0.1) is 11.4 Å². The van der Waals surface area contributed by atoms with Crippen LogP contribution >= 0.6 is 27.7 Å². The molecule has 0 bridgehead atoms. The van der Waals surface area contributed by atoms with Crippen molar-refractivity contribution in [3.63, 3.8) is 0 Å². The largest absolute Gasteiger partial charge is 0.488 e. The fourth-order valence-corrected chi connectivity index (χ4v) is 4.21. The molecule has 0 spiro atoms. The van der Waals surface area contributed by atoms with Gasteiger partial charge in [-0.3, -0.25) is 19.3 Å². The van der Waals surface area contributed by atoms with E-state index in [-0.39, 0.29) is 17.2 Å². The van der Waals surface area contributed by atoms with E-state index in [4.69, 9.17) is 4.74 Å². The molecule has 1 fully saturated rings. The lowest BCUT2D eigenvalue weighted by Crippen LogP contribution is -2.33. The van der Waals surface area contributed by atoms with E-state index in [0.717, 1.165) is 26.7 Å². The fraction of sp³-hybridized carbons (Fsp3) is 0.0800. The number of thioether (sulfide) groups is 1. The molecule has 2 amide bonds. The summed E-state index contributed by atoms with van der Waals surface area (Å²) in [6.07, 6.45) is 1.63. The van der Waals surface area contributed by atoms with Crippen molar-refractivity contribution in [2.24, 2.45) is 0 Å². The quantitative estimate of drug-likeness (QED) is 0.292. The molecule has 32 heavy (non-hydrogen) atoms. The van der Waals surface area contributed by atoms with Crippen molar-refractivity contribution in [3.8, 4) is 5.75 Å². The molecule has 1 saturated heterocycles. The Morgan fingerprint density at radius 2 is 1.62 bits per heavy atom. The van der Waals surface area contributed by atoms with Gasteiger partial charge in [-0.1, -0.05) is 76.6 Å². The van der Waals surface area contributed by atoms with Crippen LogP contribution in [-0.4, -0.2) is 28.4 Å². The minimum Gasteiger partial charge on any atom is -0.488 e. The van der Waals surface area contributed by atoms with Gasteiger partial charge in [0.25, 0.3) is 11.1 Å². The zero-order valence-corrected chi connectivity index (χ0v) is 19.3. The molecule has 1 aliphatic rings. The number of amides is 2. The van der Waals surface area contributed by atoms with Crippen LogP contribution in [0.5, 0.6) is 5.75 Å². The molecule has 0 aliphatic carbocycles. The summed E-state index contributed by atoms with van der Waals surface area (Å²) in [6.45, 7) is 0.0880. The summed E-state index contributed by atoms with van der Waals surface area (Å²) in [5.74, 6) is -0.176. The standard InChI is InChI=1S/C25H18BrNO4S/c26-20-12-10-18(11-13-20)21(28)15-27-24(29)23(32-25(27)30)14-19-8-4-5-9-22(19)31-16-17-6-2-1-3-7-17/h1-14H,15-16H2/b23-14+. The first-order chi connectivity index (χ1) is 15.5. The molecule has 160 valence electrons. The Hall–Kier alpha value is -3.16. The van der Waals surface area contributed by atoms with E-state index in [1.54, 1.807) is 30.3 Å². The van der Waals surface area contributed by atoms with Crippen LogP contribution in [0.1, 0.15) is 21.5 Å². The number of hydrogen-bond donors (Lipinski definition) is 0. The van der Waals surface area contributed by atoms with Crippen molar-refractivity contribution >= 4 is 50.7 Å². The molecule has 1 heterocycles. The Morgan fingerprint density at radius 1 is 0.938 bits per heavy atom. The zero-order valence-electron chi connectivity index (χ0n) is 16.9. The molecule has 5 nitrogen and oxygen atoms in total. The lowest BCUT2D eigenvalue weighted by Gasteiger charge is -2.12. The van der Waals surface area contributed by atoms with Gasteiger partial charge in [-0.25, -0.2) is 0 Å². The normalized spacial score (nSPS) is 14.8. The number of benzene rings is 3. The number of imide groups is 1. The summed E-state index contributed by atoms with van der Waals surface area (Å²) in [6, 6.07) is 23.9. The average molecular weight is 508 g/mol. The van der Waals surface area contributed by atoms with Gasteiger partial charge < -0.3 is 4.74 Å². The van der Waals surface area contributed by atoms with E-state index in [9.17, 15) is 14.4 Å². The van der Waals surface area contributed by atoms with Crippen molar-refractivity contribution in [1.29, 1.82) is 0 Å². The van der Waals surface area contributed by atoms with Crippen LogP contribution in [0.15, 0.2) is 88.2 Å². The molecule has 0 unspecified atom stereocenters. The molecule has 1 aliphatic heterocycles. The first-order valence-corrected chi connectivity index (χ1v) is 11.4. The van der Waals surface area contributed by atoms with Crippen LogP contribution in [0.4, 0.5) is 4.79 Å². The maximum atomic E-state index is 12.8. The number of carbonyl (C=O) groups excluding carboxylic acids is 3. The molecule has 4 rings (SSSR count). The second-order valence-electron chi connectivity index (χ2n) is 7.01. The first-order valence-electron chi connectivity index (χ1n) is 9.81. The van der Waals surface area contributed by atoms with E-state index in [1.807, 2.05) is 54.6 Å². The third kappa shape index (κ3) is 5.18. The number of para-hydroxylation sites is 1. The minimum atomic E-state index is -0.483. The van der Waals surface area contributed by atoms with Gasteiger partial charge >= 0.3 is 0 Å². The zero-order chi connectivity index (χ0) is 22.5. The smallest absolute Gasteiger partial charge is 0.293 e. The minimum absolute atomic E-state index is 0.259. The van der Waals surface area contributed by atoms with Crippen LogP contribution < -0.4 is 4.74 Å². The van der Waals surface area contributed by atoms with E-state index in [0.29, 0.717) is 23.5 Å². The lowest BCUT2D eigenvalue weighted by atomic mass is 10.1. The summed E-state index contributed by atoms with van der Waals surface area (Å²) in [5, 5.41) is -0.464. The van der Waals surface area contributed by atoms with E-state index >= 15 is 0 Å². The first kappa shape index (κ1) is 22.0. The number of hydrogen-bond acceptors (Lipinski definition) is 5. The molecule has 7 heteroatoms. The van der Waals surface area contributed by atoms with Crippen molar-refractivity contribution in [2.45, 2.75) is 6.61 Å². The highest BCUT2D eigenvalue weighted by Crippen LogP contribution is 2.34. The van der Waals surface area contributed by atoms with E-state index in [2.05, 4.69) is 15.9 Å². The Balaban J connectivity index is 1.49. The highest BCUT2D eigenvalue weighted by atomic mass is 79.9. The number of nitrogens with zero attached hydrogens (tertiary/aromatic N) is 1. The van der Waals surface area contributed by atoms with Crippen molar-refractivity contribution in [3.05, 3.63) is 105 Å². The third-order valence-electron chi connectivity index (χ3n) is 4.78. The van der Waals surface area contributed by atoms with Crippen LogP contribution in [0, 0.1) is 0 Å². The maximum Gasteiger partial charge on any atom is 0.293 e. The molecule has 0 radical (unpaired) electrons. The van der Waals surface area contributed by atoms with Gasteiger partial charge in [0.1, 0.15) is 12.4 Å².